The standard InChI is InChI=1S/C20H24N2O3/c1-14(11-12-15-7-3-2-4-8-15)21-18(23)13-22-19(24)16-9-5-6-10-17(16)20(22)25/h2-8,14,16-17H,9-13H2,1H3,(H,21,23)/t14-,16+,17+/m1/s1. The van der Waals surface area contributed by atoms with Gasteiger partial charge in [-0.2, -0.15) is 0 Å². The molecule has 0 saturated carbocycles. The molecule has 1 aliphatic heterocycles. The van der Waals surface area contributed by atoms with Gasteiger partial charge in [0.2, 0.25) is 17.7 Å². The maximum atomic E-state index is 12.4. The maximum Gasteiger partial charge on any atom is 0.240 e. The van der Waals surface area contributed by atoms with E-state index in [9.17, 15) is 14.4 Å². The van der Waals surface area contributed by atoms with Crippen LogP contribution in [0.3, 0.4) is 0 Å². The number of fused-ring (bicyclic) bond motifs is 1. The van der Waals surface area contributed by atoms with Gasteiger partial charge in [0.1, 0.15) is 6.54 Å². The van der Waals surface area contributed by atoms with Gasteiger partial charge in [-0.15, -0.1) is 0 Å². The summed E-state index contributed by atoms with van der Waals surface area (Å²) in [6.07, 6.45) is 6.78. The van der Waals surface area contributed by atoms with Crippen LogP contribution in [-0.4, -0.2) is 35.2 Å². The van der Waals surface area contributed by atoms with E-state index < -0.39 is 0 Å². The summed E-state index contributed by atoms with van der Waals surface area (Å²) >= 11 is 0. The Morgan fingerprint density at radius 1 is 1.12 bits per heavy atom. The normalized spacial score (nSPS) is 23.5. The molecule has 0 aromatic heterocycles. The second-order valence-corrected chi connectivity index (χ2v) is 6.91. The van der Waals surface area contributed by atoms with Gasteiger partial charge < -0.3 is 5.32 Å². The number of amides is 3. The van der Waals surface area contributed by atoms with Crippen molar-refractivity contribution in [1.29, 1.82) is 0 Å². The van der Waals surface area contributed by atoms with Gasteiger partial charge in [0, 0.05) is 6.04 Å². The molecule has 1 aromatic carbocycles. The smallest absolute Gasteiger partial charge is 0.240 e. The van der Waals surface area contributed by atoms with Crippen molar-refractivity contribution in [3.63, 3.8) is 0 Å². The molecule has 3 atom stereocenters. The molecule has 25 heavy (non-hydrogen) atoms. The zero-order valence-electron chi connectivity index (χ0n) is 14.5. The molecule has 3 rings (SSSR count). The highest BCUT2D eigenvalue weighted by Gasteiger charge is 2.47. The van der Waals surface area contributed by atoms with Crippen molar-refractivity contribution in [2.45, 2.75) is 38.6 Å². The summed E-state index contributed by atoms with van der Waals surface area (Å²) < 4.78 is 0. The number of nitrogens with zero attached hydrogens (tertiary/aromatic N) is 1. The van der Waals surface area contributed by atoms with Crippen LogP contribution >= 0.6 is 0 Å². The number of hydrogen-bond acceptors (Lipinski definition) is 3. The van der Waals surface area contributed by atoms with E-state index in [0.29, 0.717) is 12.8 Å². The van der Waals surface area contributed by atoms with Crippen molar-refractivity contribution < 1.29 is 14.4 Å². The van der Waals surface area contributed by atoms with Gasteiger partial charge in [-0.1, -0.05) is 42.5 Å². The minimum atomic E-state index is -0.277. The minimum Gasteiger partial charge on any atom is -0.352 e. The lowest BCUT2D eigenvalue weighted by Crippen LogP contribution is -2.43. The first-order valence-corrected chi connectivity index (χ1v) is 8.89. The highest BCUT2D eigenvalue weighted by molar-refractivity contribution is 6.07. The molecule has 0 bridgehead atoms. The summed E-state index contributed by atoms with van der Waals surface area (Å²) in [4.78, 5) is 38.1. The molecule has 1 fully saturated rings. The van der Waals surface area contributed by atoms with Crippen molar-refractivity contribution in [3.05, 3.63) is 48.0 Å². The summed E-state index contributed by atoms with van der Waals surface area (Å²) in [5.41, 5.74) is 1.23. The Kier molecular flexibility index (Phi) is 5.31. The van der Waals surface area contributed by atoms with Gasteiger partial charge in [0.05, 0.1) is 11.8 Å². The number of allylic oxidation sites excluding steroid dienone is 2. The third-order valence-electron chi connectivity index (χ3n) is 5.02. The molecule has 0 radical (unpaired) electrons. The Bertz CT molecular complexity index is 657. The summed E-state index contributed by atoms with van der Waals surface area (Å²) in [6, 6.07) is 10.1. The zero-order valence-corrected chi connectivity index (χ0v) is 14.5. The highest BCUT2D eigenvalue weighted by Crippen LogP contribution is 2.34. The van der Waals surface area contributed by atoms with E-state index in [2.05, 4.69) is 17.4 Å². The van der Waals surface area contributed by atoms with Gasteiger partial charge in [0.15, 0.2) is 0 Å². The summed E-state index contributed by atoms with van der Waals surface area (Å²) in [5.74, 6) is -1.23. The summed E-state index contributed by atoms with van der Waals surface area (Å²) in [7, 11) is 0. The molecule has 5 heteroatoms. The third kappa shape index (κ3) is 3.98. The predicted molar refractivity (Wildman–Crippen MR) is 94.4 cm³/mol. The largest absolute Gasteiger partial charge is 0.352 e. The summed E-state index contributed by atoms with van der Waals surface area (Å²) in [6.45, 7) is 1.78. The Balaban J connectivity index is 1.49. The van der Waals surface area contributed by atoms with Crippen LogP contribution in [0.25, 0.3) is 0 Å². The SMILES string of the molecule is C[C@H](CCc1ccccc1)NC(=O)CN1C(=O)[C@H]2CC=CC[C@@H]2C1=O. The van der Waals surface area contributed by atoms with E-state index in [1.54, 1.807) is 0 Å². The second-order valence-electron chi connectivity index (χ2n) is 6.91. The molecule has 5 nitrogen and oxygen atoms in total. The Morgan fingerprint density at radius 3 is 2.32 bits per heavy atom. The number of imide groups is 1. The van der Waals surface area contributed by atoms with Gasteiger partial charge in [0.25, 0.3) is 0 Å². The van der Waals surface area contributed by atoms with E-state index >= 15 is 0 Å². The second kappa shape index (κ2) is 7.64. The highest BCUT2D eigenvalue weighted by atomic mass is 16.2. The Hall–Kier alpha value is -2.43. The fourth-order valence-corrected chi connectivity index (χ4v) is 3.59. The lowest BCUT2D eigenvalue weighted by atomic mass is 9.85. The lowest BCUT2D eigenvalue weighted by molar-refractivity contribution is -0.143. The van der Waals surface area contributed by atoms with E-state index in [-0.39, 0.29) is 42.1 Å². The van der Waals surface area contributed by atoms with Crippen molar-refractivity contribution >= 4 is 17.7 Å². The molecule has 2 aliphatic rings. The van der Waals surface area contributed by atoms with Crippen LogP contribution in [0.5, 0.6) is 0 Å². The number of carbonyl (C=O) groups excluding carboxylic acids is 3. The molecule has 132 valence electrons. The minimum absolute atomic E-state index is 0.00976. The summed E-state index contributed by atoms with van der Waals surface area (Å²) in [5, 5.41) is 2.90. The van der Waals surface area contributed by atoms with Crippen LogP contribution in [0.2, 0.25) is 0 Å². The fraction of sp³-hybridized carbons (Fsp3) is 0.450. The van der Waals surface area contributed by atoms with Crippen LogP contribution in [0, 0.1) is 11.8 Å². The van der Waals surface area contributed by atoms with Crippen LogP contribution in [0.1, 0.15) is 31.7 Å². The van der Waals surface area contributed by atoms with Gasteiger partial charge in [-0.3, -0.25) is 19.3 Å². The molecule has 0 unspecified atom stereocenters. The van der Waals surface area contributed by atoms with E-state index in [4.69, 9.17) is 0 Å². The Morgan fingerprint density at radius 2 is 1.72 bits per heavy atom. The van der Waals surface area contributed by atoms with E-state index in [1.807, 2.05) is 37.3 Å². The number of aryl methyl sites for hydroxylation is 1. The average Bonchev–Trinajstić information content (AvgIpc) is 2.86. The van der Waals surface area contributed by atoms with Crippen LogP contribution < -0.4 is 5.32 Å². The molecule has 1 heterocycles. The molecule has 1 N–H and O–H groups in total. The third-order valence-corrected chi connectivity index (χ3v) is 5.02. The molecule has 1 aromatic rings. The van der Waals surface area contributed by atoms with E-state index in [1.165, 1.54) is 5.56 Å². The first kappa shape index (κ1) is 17.4. The number of hydrogen-bond donors (Lipinski definition) is 1. The molecular weight excluding hydrogens is 316 g/mol. The molecular formula is C20H24N2O3. The van der Waals surface area contributed by atoms with E-state index in [0.717, 1.165) is 17.7 Å². The topological polar surface area (TPSA) is 66.5 Å². The van der Waals surface area contributed by atoms with Crippen LogP contribution in [0.4, 0.5) is 0 Å². The quantitative estimate of drug-likeness (QED) is 0.637. The van der Waals surface area contributed by atoms with Crippen molar-refractivity contribution in [1.82, 2.24) is 10.2 Å². The van der Waals surface area contributed by atoms with Crippen molar-refractivity contribution in [3.8, 4) is 0 Å². The number of likely N-dealkylation sites (tertiary alicyclic amines) is 1. The molecule has 0 spiro atoms. The number of carbonyl (C=O) groups is 3. The first-order valence-electron chi connectivity index (χ1n) is 8.89. The monoisotopic (exact) mass is 340 g/mol. The molecule has 1 saturated heterocycles. The van der Waals surface area contributed by atoms with Gasteiger partial charge >= 0.3 is 0 Å². The van der Waals surface area contributed by atoms with Crippen molar-refractivity contribution in [2.24, 2.45) is 11.8 Å². The fourth-order valence-electron chi connectivity index (χ4n) is 3.59. The zero-order chi connectivity index (χ0) is 17.8. The number of benzene rings is 1. The average molecular weight is 340 g/mol. The van der Waals surface area contributed by atoms with Crippen molar-refractivity contribution in [2.75, 3.05) is 6.54 Å². The number of nitrogens with one attached hydrogen (secondary N) is 1. The van der Waals surface area contributed by atoms with Crippen LogP contribution in [0.15, 0.2) is 42.5 Å². The van der Waals surface area contributed by atoms with Gasteiger partial charge in [-0.25, -0.2) is 0 Å². The maximum absolute atomic E-state index is 12.4. The predicted octanol–water partition coefficient (Wildman–Crippen LogP) is 2.08. The lowest BCUT2D eigenvalue weighted by Gasteiger charge is -2.18. The number of rotatable bonds is 6. The van der Waals surface area contributed by atoms with Crippen LogP contribution in [-0.2, 0) is 20.8 Å². The first-order chi connectivity index (χ1) is 12.1. The van der Waals surface area contributed by atoms with Gasteiger partial charge in [-0.05, 0) is 38.2 Å². The Labute approximate surface area is 148 Å². The molecule has 1 aliphatic carbocycles. The molecule has 3 amide bonds.